The van der Waals surface area contributed by atoms with E-state index in [1.807, 2.05) is 36.4 Å². The number of nitrogens with zero attached hydrogens (tertiary/aromatic N) is 4. The van der Waals surface area contributed by atoms with Crippen LogP contribution in [0.2, 0.25) is 0 Å². The number of furan rings is 1. The SMILES string of the molecule is c1ccc(-c2cccc(-c3nc(-c4ccccc4)nc(-c4ccc5c(c4)oc4cc(-c6ccc7c8cc(-c9ccccc9)ccc8n(-c8ccccc8)c7c6)ccc45)n3)c2)cc1. The minimum absolute atomic E-state index is 0.583. The van der Waals surface area contributed by atoms with Gasteiger partial charge in [-0.15, -0.1) is 0 Å². The molecule has 0 N–H and O–H groups in total. The molecule has 3 aromatic heterocycles. The van der Waals surface area contributed by atoms with Crippen LogP contribution in [-0.2, 0) is 0 Å². The number of rotatable bonds is 7. The van der Waals surface area contributed by atoms with Gasteiger partial charge in [0.1, 0.15) is 11.2 Å². The van der Waals surface area contributed by atoms with Crippen LogP contribution in [0.25, 0.3) is 117 Å². The smallest absolute Gasteiger partial charge is 0.164 e. The third-order valence-corrected chi connectivity index (χ3v) is 11.8. The average Bonchev–Trinajstić information content (AvgIpc) is 3.89. The molecular weight excluding hydrogens is 757 g/mol. The lowest BCUT2D eigenvalue weighted by molar-refractivity contribution is 0.669. The largest absolute Gasteiger partial charge is 0.456 e. The Labute approximate surface area is 357 Å². The number of para-hydroxylation sites is 1. The van der Waals surface area contributed by atoms with Crippen molar-refractivity contribution in [1.82, 2.24) is 19.5 Å². The van der Waals surface area contributed by atoms with Crippen molar-refractivity contribution in [3.8, 4) is 73.2 Å². The number of fused-ring (bicyclic) bond motifs is 6. The highest BCUT2D eigenvalue weighted by molar-refractivity contribution is 6.12. The molecule has 0 spiro atoms. The van der Waals surface area contributed by atoms with Gasteiger partial charge < -0.3 is 8.98 Å². The summed E-state index contributed by atoms with van der Waals surface area (Å²) in [4.78, 5) is 15.1. The highest BCUT2D eigenvalue weighted by Crippen LogP contribution is 2.39. The zero-order chi connectivity index (χ0) is 41.0. The predicted molar refractivity (Wildman–Crippen MR) is 254 cm³/mol. The van der Waals surface area contributed by atoms with Gasteiger partial charge in [0, 0.05) is 43.9 Å². The molecule has 3 heterocycles. The van der Waals surface area contributed by atoms with Crippen LogP contribution in [0.15, 0.2) is 223 Å². The van der Waals surface area contributed by atoms with Crippen molar-refractivity contribution in [2.24, 2.45) is 0 Å². The van der Waals surface area contributed by atoms with Gasteiger partial charge in [-0.1, -0.05) is 158 Å². The first kappa shape index (κ1) is 35.5. The quantitative estimate of drug-likeness (QED) is 0.161. The van der Waals surface area contributed by atoms with Gasteiger partial charge in [-0.25, -0.2) is 15.0 Å². The van der Waals surface area contributed by atoms with Gasteiger partial charge in [0.2, 0.25) is 0 Å². The average molecular weight is 793 g/mol. The number of benzene rings is 9. The molecule has 0 fully saturated rings. The summed E-state index contributed by atoms with van der Waals surface area (Å²) in [5.41, 5.74) is 14.6. The molecule has 0 amide bonds. The highest BCUT2D eigenvalue weighted by Gasteiger charge is 2.18. The molecule has 12 aromatic rings. The fourth-order valence-corrected chi connectivity index (χ4v) is 8.78. The maximum atomic E-state index is 6.68. The lowest BCUT2D eigenvalue weighted by Gasteiger charge is -2.09. The molecule has 0 atom stereocenters. The monoisotopic (exact) mass is 792 g/mol. The second-order valence-corrected chi connectivity index (χ2v) is 15.6. The standard InChI is InChI=1S/C57H36N4O/c1-5-14-37(15-6-1)40-20-13-21-44(32-40)56-58-55(39-18-9-3-10-19-39)59-57(60-56)45-26-30-49-48-29-25-43(35-53(48)62-54(49)36-45)42-24-28-47-50-33-41(38-16-7-2-8-17-38)27-31-51(50)61(52(47)34-42)46-22-11-4-12-23-46/h1-36H. The lowest BCUT2D eigenvalue weighted by atomic mass is 10.00. The van der Waals surface area contributed by atoms with E-state index >= 15 is 0 Å². The molecule has 5 heteroatoms. The summed E-state index contributed by atoms with van der Waals surface area (Å²) in [5.74, 6) is 1.81. The Hall–Kier alpha value is -8.41. The van der Waals surface area contributed by atoms with Gasteiger partial charge in [0.05, 0.1) is 11.0 Å². The Morgan fingerprint density at radius 1 is 0.274 bits per heavy atom. The Balaban J connectivity index is 0.950. The molecule has 0 aliphatic rings. The zero-order valence-corrected chi connectivity index (χ0v) is 33.5. The van der Waals surface area contributed by atoms with Crippen molar-refractivity contribution in [2.75, 3.05) is 0 Å². The first-order valence-corrected chi connectivity index (χ1v) is 20.8. The van der Waals surface area contributed by atoms with Crippen LogP contribution >= 0.6 is 0 Å². The second-order valence-electron chi connectivity index (χ2n) is 15.6. The number of hydrogen-bond acceptors (Lipinski definition) is 4. The molecule has 0 saturated carbocycles. The van der Waals surface area contributed by atoms with Gasteiger partial charge in [-0.05, 0) is 94.0 Å². The van der Waals surface area contributed by atoms with E-state index in [9.17, 15) is 0 Å². The zero-order valence-electron chi connectivity index (χ0n) is 33.5. The maximum absolute atomic E-state index is 6.68. The van der Waals surface area contributed by atoms with Gasteiger partial charge >= 0.3 is 0 Å². The van der Waals surface area contributed by atoms with Crippen molar-refractivity contribution in [3.05, 3.63) is 218 Å². The minimum Gasteiger partial charge on any atom is -0.456 e. The Morgan fingerprint density at radius 2 is 0.710 bits per heavy atom. The van der Waals surface area contributed by atoms with E-state index in [1.54, 1.807) is 0 Å². The van der Waals surface area contributed by atoms with Crippen molar-refractivity contribution in [3.63, 3.8) is 0 Å². The molecule has 0 aliphatic heterocycles. The molecule has 0 saturated heterocycles. The molecule has 0 aliphatic carbocycles. The van der Waals surface area contributed by atoms with E-state index in [2.05, 4.69) is 187 Å². The Bertz CT molecular complexity index is 3610. The van der Waals surface area contributed by atoms with E-state index in [0.29, 0.717) is 17.5 Å². The number of aromatic nitrogens is 4. The fourth-order valence-electron chi connectivity index (χ4n) is 8.78. The van der Waals surface area contributed by atoms with Crippen molar-refractivity contribution >= 4 is 43.7 Å². The first-order valence-electron chi connectivity index (χ1n) is 20.8. The van der Waals surface area contributed by atoms with Crippen LogP contribution in [0.3, 0.4) is 0 Å². The molecule has 0 bridgehead atoms. The minimum atomic E-state index is 0.583. The highest BCUT2D eigenvalue weighted by atomic mass is 16.3. The summed E-state index contributed by atoms with van der Waals surface area (Å²) < 4.78 is 9.05. The van der Waals surface area contributed by atoms with Crippen molar-refractivity contribution in [1.29, 1.82) is 0 Å². The van der Waals surface area contributed by atoms with Gasteiger partial charge in [0.25, 0.3) is 0 Å². The predicted octanol–water partition coefficient (Wildman–Crippen LogP) is 14.9. The van der Waals surface area contributed by atoms with Crippen LogP contribution in [0.1, 0.15) is 0 Å². The Morgan fingerprint density at radius 3 is 1.35 bits per heavy atom. The molecule has 290 valence electrons. The van der Waals surface area contributed by atoms with E-state index in [4.69, 9.17) is 19.4 Å². The van der Waals surface area contributed by atoms with E-state index in [-0.39, 0.29) is 0 Å². The van der Waals surface area contributed by atoms with Crippen LogP contribution in [0.5, 0.6) is 0 Å². The molecule has 9 aromatic carbocycles. The molecule has 12 rings (SSSR count). The summed E-state index contributed by atoms with van der Waals surface area (Å²) in [6.45, 7) is 0. The van der Waals surface area contributed by atoms with E-state index in [1.165, 1.54) is 27.4 Å². The second kappa shape index (κ2) is 14.7. The van der Waals surface area contributed by atoms with E-state index < -0.39 is 0 Å². The van der Waals surface area contributed by atoms with Crippen molar-refractivity contribution in [2.45, 2.75) is 0 Å². The maximum Gasteiger partial charge on any atom is 0.164 e. The topological polar surface area (TPSA) is 56.7 Å². The normalized spacial score (nSPS) is 11.5. The number of hydrogen-bond donors (Lipinski definition) is 0. The van der Waals surface area contributed by atoms with Crippen molar-refractivity contribution < 1.29 is 4.42 Å². The van der Waals surface area contributed by atoms with Gasteiger partial charge in [-0.3, -0.25) is 0 Å². The third kappa shape index (κ3) is 6.23. The molecule has 5 nitrogen and oxygen atoms in total. The molecular formula is C57H36N4O. The van der Waals surface area contributed by atoms with Crippen LogP contribution in [0, 0.1) is 0 Å². The molecule has 0 unspecified atom stereocenters. The summed E-state index contributed by atoms with van der Waals surface area (Å²) in [7, 11) is 0. The molecule has 0 radical (unpaired) electrons. The Kier molecular flexibility index (Phi) is 8.42. The summed E-state index contributed by atoms with van der Waals surface area (Å²) in [5, 5.41) is 4.53. The summed E-state index contributed by atoms with van der Waals surface area (Å²) >= 11 is 0. The van der Waals surface area contributed by atoms with Crippen LogP contribution in [0.4, 0.5) is 0 Å². The fraction of sp³-hybridized carbons (Fsp3) is 0. The van der Waals surface area contributed by atoms with Crippen LogP contribution in [-0.4, -0.2) is 19.5 Å². The van der Waals surface area contributed by atoms with Gasteiger partial charge in [-0.2, -0.15) is 0 Å². The van der Waals surface area contributed by atoms with Crippen LogP contribution < -0.4 is 0 Å². The summed E-state index contributed by atoms with van der Waals surface area (Å²) in [6.07, 6.45) is 0. The van der Waals surface area contributed by atoms with Gasteiger partial charge in [0.15, 0.2) is 17.5 Å². The lowest BCUT2D eigenvalue weighted by Crippen LogP contribution is -2.00. The molecule has 62 heavy (non-hydrogen) atoms. The van der Waals surface area contributed by atoms with E-state index in [0.717, 1.165) is 72.1 Å². The third-order valence-electron chi connectivity index (χ3n) is 11.8. The summed E-state index contributed by atoms with van der Waals surface area (Å²) in [6, 6.07) is 76.4. The first-order chi connectivity index (χ1) is 30.7.